The van der Waals surface area contributed by atoms with Crippen molar-refractivity contribution in [1.29, 1.82) is 0 Å². The van der Waals surface area contributed by atoms with Gasteiger partial charge in [0.05, 0.1) is 7.11 Å². The van der Waals surface area contributed by atoms with Crippen molar-refractivity contribution in [3.05, 3.63) is 40.5 Å². The highest BCUT2D eigenvalue weighted by atomic mass is 16.5. The van der Waals surface area contributed by atoms with Gasteiger partial charge in [0.25, 0.3) is 0 Å². The summed E-state index contributed by atoms with van der Waals surface area (Å²) < 4.78 is 5.46. The standard InChI is InChI=1S/C18H28O/c1-7-9-10-11-16(8-2)18-13(3)12-17(19-6)14(4)15(18)5/h9-10,12,16H,7-8,11H2,1-6H3/b10-9-. The van der Waals surface area contributed by atoms with E-state index in [-0.39, 0.29) is 0 Å². The SMILES string of the molecule is CC/C=C\CC(CC)c1c(C)cc(OC)c(C)c1C. The van der Waals surface area contributed by atoms with Crippen molar-refractivity contribution >= 4 is 0 Å². The normalized spacial score (nSPS) is 12.9. The van der Waals surface area contributed by atoms with E-state index in [4.69, 9.17) is 4.74 Å². The number of aryl methyl sites for hydroxylation is 1. The zero-order valence-electron chi connectivity index (χ0n) is 13.3. The molecule has 19 heavy (non-hydrogen) atoms. The van der Waals surface area contributed by atoms with Crippen molar-refractivity contribution in [2.75, 3.05) is 7.11 Å². The monoisotopic (exact) mass is 260 g/mol. The van der Waals surface area contributed by atoms with Gasteiger partial charge in [-0.15, -0.1) is 0 Å². The topological polar surface area (TPSA) is 9.23 Å². The molecule has 0 fully saturated rings. The summed E-state index contributed by atoms with van der Waals surface area (Å²) in [5.41, 5.74) is 5.55. The van der Waals surface area contributed by atoms with E-state index in [2.05, 4.69) is 52.8 Å². The summed E-state index contributed by atoms with van der Waals surface area (Å²) in [5, 5.41) is 0. The van der Waals surface area contributed by atoms with Gasteiger partial charge in [0.1, 0.15) is 5.75 Å². The molecule has 0 bridgehead atoms. The molecule has 1 nitrogen and oxygen atoms in total. The first-order chi connectivity index (χ1) is 9.06. The Bertz CT molecular complexity index is 443. The second-order valence-corrected chi connectivity index (χ2v) is 5.28. The zero-order valence-corrected chi connectivity index (χ0v) is 13.3. The number of methoxy groups -OCH3 is 1. The molecular formula is C18H28O. The summed E-state index contributed by atoms with van der Waals surface area (Å²) >= 11 is 0. The first kappa shape index (κ1) is 15.8. The van der Waals surface area contributed by atoms with Crippen LogP contribution in [-0.2, 0) is 0 Å². The van der Waals surface area contributed by atoms with Crippen molar-refractivity contribution < 1.29 is 4.74 Å². The maximum Gasteiger partial charge on any atom is 0.122 e. The van der Waals surface area contributed by atoms with Crippen LogP contribution >= 0.6 is 0 Å². The summed E-state index contributed by atoms with van der Waals surface area (Å²) in [6, 6.07) is 2.18. The number of ether oxygens (including phenoxy) is 1. The minimum atomic E-state index is 0.618. The number of rotatable bonds is 6. The molecule has 0 saturated carbocycles. The summed E-state index contributed by atoms with van der Waals surface area (Å²) in [7, 11) is 1.75. The molecule has 0 heterocycles. The molecule has 1 atom stereocenters. The molecule has 0 aliphatic carbocycles. The number of hydrogen-bond donors (Lipinski definition) is 0. The van der Waals surface area contributed by atoms with Gasteiger partial charge in [-0.05, 0) is 74.3 Å². The molecule has 0 N–H and O–H groups in total. The Hall–Kier alpha value is -1.24. The quantitative estimate of drug-likeness (QED) is 0.616. The first-order valence-electron chi connectivity index (χ1n) is 7.36. The van der Waals surface area contributed by atoms with E-state index in [1.807, 2.05) is 0 Å². The molecule has 1 unspecified atom stereocenters. The number of benzene rings is 1. The fourth-order valence-corrected chi connectivity index (χ4v) is 2.82. The van der Waals surface area contributed by atoms with Crippen LogP contribution in [0.4, 0.5) is 0 Å². The molecule has 0 aliphatic heterocycles. The van der Waals surface area contributed by atoms with Crippen molar-refractivity contribution in [1.82, 2.24) is 0 Å². The largest absolute Gasteiger partial charge is 0.496 e. The van der Waals surface area contributed by atoms with Gasteiger partial charge in [-0.2, -0.15) is 0 Å². The Labute approximate surface area is 118 Å². The molecule has 0 aliphatic rings. The molecule has 0 spiro atoms. The first-order valence-corrected chi connectivity index (χ1v) is 7.36. The number of hydrogen-bond acceptors (Lipinski definition) is 1. The van der Waals surface area contributed by atoms with Crippen molar-refractivity contribution in [2.24, 2.45) is 0 Å². The molecule has 1 heteroatoms. The molecule has 0 saturated heterocycles. The van der Waals surface area contributed by atoms with Gasteiger partial charge < -0.3 is 4.74 Å². The summed E-state index contributed by atoms with van der Waals surface area (Å²) in [6.07, 6.45) is 8.03. The van der Waals surface area contributed by atoms with E-state index in [1.165, 1.54) is 28.7 Å². The summed E-state index contributed by atoms with van der Waals surface area (Å²) in [4.78, 5) is 0. The predicted octanol–water partition coefficient (Wildman–Crippen LogP) is 5.47. The van der Waals surface area contributed by atoms with Crippen LogP contribution < -0.4 is 4.74 Å². The van der Waals surface area contributed by atoms with Gasteiger partial charge in [-0.1, -0.05) is 26.0 Å². The Kier molecular flexibility index (Phi) is 6.14. The van der Waals surface area contributed by atoms with E-state index in [1.54, 1.807) is 7.11 Å². The highest BCUT2D eigenvalue weighted by molar-refractivity contribution is 5.49. The minimum Gasteiger partial charge on any atom is -0.496 e. The lowest BCUT2D eigenvalue weighted by atomic mass is 9.84. The fraction of sp³-hybridized carbons (Fsp3) is 0.556. The Morgan fingerprint density at radius 1 is 1.11 bits per heavy atom. The Morgan fingerprint density at radius 2 is 1.79 bits per heavy atom. The highest BCUT2D eigenvalue weighted by Crippen LogP contribution is 2.35. The fourth-order valence-electron chi connectivity index (χ4n) is 2.82. The highest BCUT2D eigenvalue weighted by Gasteiger charge is 2.17. The Morgan fingerprint density at radius 3 is 2.32 bits per heavy atom. The third-order valence-electron chi connectivity index (χ3n) is 4.05. The van der Waals surface area contributed by atoms with E-state index in [0.717, 1.165) is 18.6 Å². The van der Waals surface area contributed by atoms with Crippen LogP contribution in [0, 0.1) is 20.8 Å². The maximum absolute atomic E-state index is 5.46. The average molecular weight is 260 g/mol. The molecule has 1 aromatic rings. The molecule has 0 radical (unpaired) electrons. The molecule has 1 aromatic carbocycles. The lowest BCUT2D eigenvalue weighted by Crippen LogP contribution is -2.05. The van der Waals surface area contributed by atoms with Gasteiger partial charge in [-0.3, -0.25) is 0 Å². The van der Waals surface area contributed by atoms with Gasteiger partial charge >= 0.3 is 0 Å². The van der Waals surface area contributed by atoms with Crippen LogP contribution in [0.25, 0.3) is 0 Å². The zero-order chi connectivity index (χ0) is 14.4. The van der Waals surface area contributed by atoms with Crippen LogP contribution in [0.5, 0.6) is 5.75 Å². The van der Waals surface area contributed by atoms with Crippen molar-refractivity contribution in [3.63, 3.8) is 0 Å². The van der Waals surface area contributed by atoms with Gasteiger partial charge in [0, 0.05) is 0 Å². The van der Waals surface area contributed by atoms with Crippen LogP contribution in [0.15, 0.2) is 18.2 Å². The van der Waals surface area contributed by atoms with E-state index >= 15 is 0 Å². The molecular weight excluding hydrogens is 232 g/mol. The van der Waals surface area contributed by atoms with Crippen molar-refractivity contribution in [2.45, 2.75) is 59.8 Å². The lowest BCUT2D eigenvalue weighted by molar-refractivity contribution is 0.410. The van der Waals surface area contributed by atoms with E-state index in [0.29, 0.717) is 5.92 Å². The van der Waals surface area contributed by atoms with Gasteiger partial charge in [-0.25, -0.2) is 0 Å². The van der Waals surface area contributed by atoms with Crippen molar-refractivity contribution in [3.8, 4) is 5.75 Å². The minimum absolute atomic E-state index is 0.618. The van der Waals surface area contributed by atoms with Crippen LogP contribution in [0.2, 0.25) is 0 Å². The molecule has 0 aromatic heterocycles. The summed E-state index contributed by atoms with van der Waals surface area (Å²) in [6.45, 7) is 11.1. The lowest BCUT2D eigenvalue weighted by Gasteiger charge is -2.22. The molecule has 106 valence electrons. The number of allylic oxidation sites excluding steroid dienone is 2. The van der Waals surface area contributed by atoms with Gasteiger partial charge in [0.15, 0.2) is 0 Å². The molecule has 1 rings (SSSR count). The third-order valence-corrected chi connectivity index (χ3v) is 4.05. The second-order valence-electron chi connectivity index (χ2n) is 5.28. The van der Waals surface area contributed by atoms with Gasteiger partial charge in [0.2, 0.25) is 0 Å². The summed E-state index contributed by atoms with van der Waals surface area (Å²) in [5.74, 6) is 1.63. The smallest absolute Gasteiger partial charge is 0.122 e. The Balaban J connectivity index is 3.17. The van der Waals surface area contributed by atoms with E-state index in [9.17, 15) is 0 Å². The maximum atomic E-state index is 5.46. The third kappa shape index (κ3) is 3.62. The van der Waals surface area contributed by atoms with Crippen LogP contribution in [-0.4, -0.2) is 7.11 Å². The predicted molar refractivity (Wildman–Crippen MR) is 84.3 cm³/mol. The second kappa shape index (κ2) is 7.37. The van der Waals surface area contributed by atoms with Crippen LogP contribution in [0.1, 0.15) is 61.3 Å². The average Bonchev–Trinajstić information content (AvgIpc) is 2.41. The molecule has 0 amide bonds. The van der Waals surface area contributed by atoms with Crippen LogP contribution in [0.3, 0.4) is 0 Å². The van der Waals surface area contributed by atoms with E-state index < -0.39 is 0 Å².